The minimum absolute atomic E-state index is 0.0324. The molecule has 110 valence electrons. The SMILES string of the molecule is C/C=C(\CC)C(=O)N(CCO)Cc1ccccc1OC. The maximum Gasteiger partial charge on any atom is 0.249 e. The Labute approximate surface area is 120 Å². The predicted molar refractivity (Wildman–Crippen MR) is 79.5 cm³/mol. The maximum absolute atomic E-state index is 12.4. The molecule has 0 aliphatic heterocycles. The van der Waals surface area contributed by atoms with Crippen molar-refractivity contribution in [3.05, 3.63) is 41.5 Å². The highest BCUT2D eigenvalue weighted by Gasteiger charge is 2.17. The fraction of sp³-hybridized carbons (Fsp3) is 0.438. The zero-order valence-corrected chi connectivity index (χ0v) is 12.4. The molecule has 1 N–H and O–H groups in total. The van der Waals surface area contributed by atoms with Gasteiger partial charge < -0.3 is 14.7 Å². The molecule has 0 fully saturated rings. The number of carbonyl (C=O) groups is 1. The average molecular weight is 277 g/mol. The van der Waals surface area contributed by atoms with Crippen molar-refractivity contribution in [2.24, 2.45) is 0 Å². The van der Waals surface area contributed by atoms with E-state index in [-0.39, 0.29) is 12.5 Å². The van der Waals surface area contributed by atoms with Crippen molar-refractivity contribution in [1.29, 1.82) is 0 Å². The molecule has 4 nitrogen and oxygen atoms in total. The molecule has 1 aromatic rings. The largest absolute Gasteiger partial charge is 0.496 e. The second kappa shape index (κ2) is 8.38. The Morgan fingerprint density at radius 3 is 2.65 bits per heavy atom. The van der Waals surface area contributed by atoms with E-state index in [4.69, 9.17) is 4.74 Å². The number of hydrogen-bond acceptors (Lipinski definition) is 3. The van der Waals surface area contributed by atoms with Crippen molar-refractivity contribution in [3.63, 3.8) is 0 Å². The van der Waals surface area contributed by atoms with Crippen molar-refractivity contribution in [2.75, 3.05) is 20.3 Å². The molecular weight excluding hydrogens is 254 g/mol. The molecule has 4 heteroatoms. The third kappa shape index (κ3) is 4.10. The maximum atomic E-state index is 12.4. The Morgan fingerprint density at radius 2 is 2.10 bits per heavy atom. The van der Waals surface area contributed by atoms with Crippen LogP contribution >= 0.6 is 0 Å². The summed E-state index contributed by atoms with van der Waals surface area (Å²) in [6.07, 6.45) is 2.51. The smallest absolute Gasteiger partial charge is 0.249 e. The molecular formula is C16H23NO3. The molecule has 0 spiro atoms. The van der Waals surface area contributed by atoms with Crippen LogP contribution in [0.25, 0.3) is 0 Å². The number of ether oxygens (including phenoxy) is 1. The predicted octanol–water partition coefficient (Wildman–Crippen LogP) is 2.37. The van der Waals surface area contributed by atoms with E-state index in [0.29, 0.717) is 19.5 Å². The van der Waals surface area contributed by atoms with Gasteiger partial charge in [-0.05, 0) is 19.4 Å². The van der Waals surface area contributed by atoms with Gasteiger partial charge in [0.25, 0.3) is 0 Å². The summed E-state index contributed by atoms with van der Waals surface area (Å²) in [7, 11) is 1.61. The number of carbonyl (C=O) groups excluding carboxylic acids is 1. The monoisotopic (exact) mass is 277 g/mol. The summed E-state index contributed by atoms with van der Waals surface area (Å²) in [6.45, 7) is 4.50. The highest BCUT2D eigenvalue weighted by molar-refractivity contribution is 5.93. The van der Waals surface area contributed by atoms with Crippen molar-refractivity contribution in [2.45, 2.75) is 26.8 Å². The number of methoxy groups -OCH3 is 1. The Kier molecular flexibility index (Phi) is 6.81. The molecule has 1 amide bonds. The summed E-state index contributed by atoms with van der Waals surface area (Å²) >= 11 is 0. The standard InChI is InChI=1S/C16H23NO3/c1-4-13(5-2)16(19)17(10-11-18)12-14-8-6-7-9-15(14)20-3/h4,6-9,18H,5,10-12H2,1-3H3/b13-4+. The molecule has 0 atom stereocenters. The van der Waals surface area contributed by atoms with E-state index in [1.165, 1.54) is 0 Å². The van der Waals surface area contributed by atoms with Crippen LogP contribution in [-0.4, -0.2) is 36.2 Å². The third-order valence-corrected chi connectivity index (χ3v) is 3.21. The second-order valence-electron chi connectivity index (χ2n) is 4.43. The van der Waals surface area contributed by atoms with Crippen LogP contribution in [0.3, 0.4) is 0 Å². The second-order valence-corrected chi connectivity index (χ2v) is 4.43. The Hall–Kier alpha value is -1.81. The Bertz CT molecular complexity index is 469. The van der Waals surface area contributed by atoms with Gasteiger partial charge in [0, 0.05) is 24.2 Å². The average Bonchev–Trinajstić information content (AvgIpc) is 2.48. The van der Waals surface area contributed by atoms with Gasteiger partial charge in [-0.2, -0.15) is 0 Å². The summed E-state index contributed by atoms with van der Waals surface area (Å²) in [5, 5.41) is 9.17. The minimum atomic E-state index is -0.0540. The number of benzene rings is 1. The van der Waals surface area contributed by atoms with E-state index in [0.717, 1.165) is 16.9 Å². The van der Waals surface area contributed by atoms with E-state index in [2.05, 4.69) is 0 Å². The fourth-order valence-corrected chi connectivity index (χ4v) is 2.09. The zero-order valence-electron chi connectivity index (χ0n) is 12.4. The lowest BCUT2D eigenvalue weighted by Gasteiger charge is -2.24. The lowest BCUT2D eigenvalue weighted by Crippen LogP contribution is -2.34. The van der Waals surface area contributed by atoms with E-state index >= 15 is 0 Å². The van der Waals surface area contributed by atoms with E-state index in [1.807, 2.05) is 44.2 Å². The summed E-state index contributed by atoms with van der Waals surface area (Å²) < 4.78 is 5.30. The van der Waals surface area contributed by atoms with Crippen LogP contribution in [0.2, 0.25) is 0 Å². The summed E-state index contributed by atoms with van der Waals surface area (Å²) in [4.78, 5) is 14.1. The molecule has 1 rings (SSSR count). The molecule has 0 saturated carbocycles. The first-order chi connectivity index (χ1) is 9.67. The molecule has 0 aliphatic rings. The number of nitrogens with zero attached hydrogens (tertiary/aromatic N) is 1. The van der Waals surface area contributed by atoms with Crippen LogP contribution in [0.1, 0.15) is 25.8 Å². The van der Waals surface area contributed by atoms with Crippen molar-refractivity contribution >= 4 is 5.91 Å². The molecule has 0 heterocycles. The Balaban J connectivity index is 2.95. The highest BCUT2D eigenvalue weighted by atomic mass is 16.5. The van der Waals surface area contributed by atoms with Crippen LogP contribution in [0.4, 0.5) is 0 Å². The number of amides is 1. The van der Waals surface area contributed by atoms with Gasteiger partial charge in [0.1, 0.15) is 5.75 Å². The van der Waals surface area contributed by atoms with Crippen molar-refractivity contribution < 1.29 is 14.6 Å². The molecule has 0 unspecified atom stereocenters. The topological polar surface area (TPSA) is 49.8 Å². The van der Waals surface area contributed by atoms with Crippen LogP contribution in [0.5, 0.6) is 5.75 Å². The van der Waals surface area contributed by atoms with E-state index < -0.39 is 0 Å². The summed E-state index contributed by atoms with van der Waals surface area (Å²) in [6, 6.07) is 7.60. The first-order valence-electron chi connectivity index (χ1n) is 6.85. The quantitative estimate of drug-likeness (QED) is 0.778. The summed E-state index contributed by atoms with van der Waals surface area (Å²) in [5.41, 5.74) is 1.69. The first kappa shape index (κ1) is 16.2. The van der Waals surface area contributed by atoms with Crippen LogP contribution in [0, 0.1) is 0 Å². The van der Waals surface area contributed by atoms with Crippen LogP contribution < -0.4 is 4.74 Å². The number of allylic oxidation sites excluding steroid dienone is 1. The van der Waals surface area contributed by atoms with Crippen LogP contribution in [-0.2, 0) is 11.3 Å². The normalized spacial score (nSPS) is 11.3. The number of aliphatic hydroxyl groups is 1. The van der Waals surface area contributed by atoms with Gasteiger partial charge in [-0.25, -0.2) is 0 Å². The van der Waals surface area contributed by atoms with Crippen molar-refractivity contribution in [1.82, 2.24) is 4.90 Å². The number of rotatable bonds is 7. The van der Waals surface area contributed by atoms with Gasteiger partial charge in [-0.1, -0.05) is 31.2 Å². The molecule has 1 aromatic carbocycles. The fourth-order valence-electron chi connectivity index (χ4n) is 2.09. The number of para-hydroxylation sites is 1. The molecule has 0 radical (unpaired) electrons. The lowest BCUT2D eigenvalue weighted by molar-refractivity contribution is -0.128. The van der Waals surface area contributed by atoms with Gasteiger partial charge in [-0.15, -0.1) is 0 Å². The van der Waals surface area contributed by atoms with E-state index in [1.54, 1.807) is 12.0 Å². The van der Waals surface area contributed by atoms with Gasteiger partial charge >= 0.3 is 0 Å². The molecule has 0 aliphatic carbocycles. The van der Waals surface area contributed by atoms with Gasteiger partial charge in [0.2, 0.25) is 5.91 Å². The van der Waals surface area contributed by atoms with Gasteiger partial charge in [0.15, 0.2) is 0 Å². The highest BCUT2D eigenvalue weighted by Crippen LogP contribution is 2.20. The molecule has 20 heavy (non-hydrogen) atoms. The first-order valence-corrected chi connectivity index (χ1v) is 6.85. The molecule has 0 saturated heterocycles. The molecule has 0 bridgehead atoms. The van der Waals surface area contributed by atoms with Crippen molar-refractivity contribution in [3.8, 4) is 5.75 Å². The lowest BCUT2D eigenvalue weighted by atomic mass is 10.1. The number of aliphatic hydroxyl groups excluding tert-OH is 1. The molecule has 0 aromatic heterocycles. The van der Waals surface area contributed by atoms with E-state index in [9.17, 15) is 9.90 Å². The summed E-state index contributed by atoms with van der Waals surface area (Å²) in [5.74, 6) is 0.719. The third-order valence-electron chi connectivity index (χ3n) is 3.21. The van der Waals surface area contributed by atoms with Gasteiger partial charge in [-0.3, -0.25) is 4.79 Å². The number of hydrogen-bond donors (Lipinski definition) is 1. The van der Waals surface area contributed by atoms with Crippen LogP contribution in [0.15, 0.2) is 35.9 Å². The Morgan fingerprint density at radius 1 is 1.40 bits per heavy atom. The van der Waals surface area contributed by atoms with Gasteiger partial charge in [0.05, 0.1) is 13.7 Å². The zero-order chi connectivity index (χ0) is 15.0. The minimum Gasteiger partial charge on any atom is -0.496 e.